The molecule has 1 atom stereocenters. The van der Waals surface area contributed by atoms with Gasteiger partial charge in [-0.25, -0.2) is 4.98 Å². The average Bonchev–Trinajstić information content (AvgIpc) is 3.59. The van der Waals surface area contributed by atoms with Gasteiger partial charge < -0.3 is 4.90 Å². The molecule has 2 aromatic heterocycles. The van der Waals surface area contributed by atoms with E-state index in [1.165, 1.54) is 14.1 Å². The summed E-state index contributed by atoms with van der Waals surface area (Å²) in [5, 5.41) is 4.73. The second-order valence-electron chi connectivity index (χ2n) is 11.1. The number of likely N-dealkylation sites (tertiary alicyclic amines) is 1. The molecule has 11 nitrogen and oxygen atoms in total. The summed E-state index contributed by atoms with van der Waals surface area (Å²) in [6.45, 7) is 1.85. The minimum Gasteiger partial charge on any atom is -0.342 e. The molecule has 1 aliphatic carbocycles. The van der Waals surface area contributed by atoms with E-state index in [9.17, 15) is 18.0 Å². The molecule has 0 unspecified atom stereocenters. The van der Waals surface area contributed by atoms with Crippen LogP contribution in [0.3, 0.4) is 0 Å². The molecule has 0 spiro atoms. The minimum absolute atomic E-state index is 0.143. The molecule has 1 N–H and O–H groups in total. The third-order valence-corrected chi connectivity index (χ3v) is 9.34. The SMILES string of the molecule is CN(C)S(=O)(=O)Nc1cccc(-c2ccc(-c3nc4c(cnn4C)c(=O)n3C[C@@H]3CCN(C(=O)C4CC4)C3)cc2)c1. The number of hydrogen-bond donors (Lipinski definition) is 1. The van der Waals surface area contributed by atoms with E-state index in [0.717, 1.165) is 46.8 Å². The Bertz CT molecular complexity index is 1790. The monoisotopic (exact) mass is 575 g/mol. The van der Waals surface area contributed by atoms with Crippen LogP contribution in [0.5, 0.6) is 0 Å². The summed E-state index contributed by atoms with van der Waals surface area (Å²) < 4.78 is 31.6. The summed E-state index contributed by atoms with van der Waals surface area (Å²) in [5.74, 6) is 1.15. The van der Waals surface area contributed by atoms with Crippen LogP contribution in [0.2, 0.25) is 0 Å². The summed E-state index contributed by atoms with van der Waals surface area (Å²) in [5.41, 5.74) is 3.35. The van der Waals surface area contributed by atoms with E-state index in [-0.39, 0.29) is 23.3 Å². The first-order valence-electron chi connectivity index (χ1n) is 13.7. The number of nitrogens with zero attached hydrogens (tertiary/aromatic N) is 6. The Kier molecular flexibility index (Phi) is 6.90. The second kappa shape index (κ2) is 10.4. The van der Waals surface area contributed by atoms with Gasteiger partial charge in [-0.3, -0.25) is 23.6 Å². The fourth-order valence-corrected chi connectivity index (χ4v) is 5.96. The highest BCUT2D eigenvalue weighted by molar-refractivity contribution is 7.90. The van der Waals surface area contributed by atoms with Crippen molar-refractivity contribution in [1.82, 2.24) is 28.5 Å². The molecule has 1 amide bonds. The molecule has 1 saturated heterocycles. The molecule has 3 heterocycles. The van der Waals surface area contributed by atoms with Gasteiger partial charge in [-0.2, -0.15) is 17.8 Å². The van der Waals surface area contributed by atoms with Gasteiger partial charge in [-0.15, -0.1) is 0 Å². The van der Waals surface area contributed by atoms with Crippen molar-refractivity contribution in [3.63, 3.8) is 0 Å². The van der Waals surface area contributed by atoms with Crippen LogP contribution >= 0.6 is 0 Å². The summed E-state index contributed by atoms with van der Waals surface area (Å²) in [7, 11) is 1.08. The van der Waals surface area contributed by atoms with Gasteiger partial charge in [-0.05, 0) is 48.4 Å². The zero-order valence-electron chi connectivity index (χ0n) is 23.3. The van der Waals surface area contributed by atoms with Crippen LogP contribution in [0.1, 0.15) is 19.3 Å². The van der Waals surface area contributed by atoms with Crippen molar-refractivity contribution in [2.75, 3.05) is 31.9 Å². The Morgan fingerprint density at radius 1 is 1.05 bits per heavy atom. The van der Waals surface area contributed by atoms with Crippen LogP contribution in [-0.4, -0.2) is 70.0 Å². The highest BCUT2D eigenvalue weighted by Crippen LogP contribution is 2.33. The molecular weight excluding hydrogens is 542 g/mol. The van der Waals surface area contributed by atoms with Crippen molar-refractivity contribution < 1.29 is 13.2 Å². The lowest BCUT2D eigenvalue weighted by molar-refractivity contribution is -0.131. The topological polar surface area (TPSA) is 122 Å². The number of carbonyl (C=O) groups excluding carboxylic acids is 1. The third-order valence-electron chi connectivity index (χ3n) is 7.88. The lowest BCUT2D eigenvalue weighted by Crippen LogP contribution is -2.32. The van der Waals surface area contributed by atoms with Crippen LogP contribution in [0.25, 0.3) is 33.5 Å². The standard InChI is InChI=1S/C29H33N7O4S/c1-33(2)41(39,40)32-24-6-4-5-23(15-24)20-7-9-21(10-8-20)26-31-27-25(16-30-34(27)3)29(38)36(26)18-19-13-14-35(17-19)28(37)22-11-12-22/h4-10,15-16,19,22,32H,11-14,17-18H2,1-3H3/t19-/m1/s1. The van der Waals surface area contributed by atoms with E-state index in [2.05, 4.69) is 9.82 Å². The Labute approximate surface area is 238 Å². The molecular formula is C29H33N7O4S. The molecule has 1 saturated carbocycles. The molecule has 2 aromatic carbocycles. The van der Waals surface area contributed by atoms with Gasteiger partial charge in [0.2, 0.25) is 5.91 Å². The predicted molar refractivity (Wildman–Crippen MR) is 157 cm³/mol. The first-order valence-corrected chi connectivity index (χ1v) is 15.2. The number of hydrogen-bond acceptors (Lipinski definition) is 6. The molecule has 2 fully saturated rings. The van der Waals surface area contributed by atoms with E-state index in [1.807, 2.05) is 35.2 Å². The Hall–Kier alpha value is -4.03. The number of amides is 1. The molecule has 4 aromatic rings. The number of carbonyl (C=O) groups is 1. The Morgan fingerprint density at radius 2 is 1.78 bits per heavy atom. The highest BCUT2D eigenvalue weighted by Gasteiger charge is 2.37. The van der Waals surface area contributed by atoms with Crippen LogP contribution in [0, 0.1) is 11.8 Å². The molecule has 12 heteroatoms. The van der Waals surface area contributed by atoms with Gasteiger partial charge in [0.05, 0.1) is 11.9 Å². The number of rotatable bonds is 8. The van der Waals surface area contributed by atoms with Crippen molar-refractivity contribution in [1.29, 1.82) is 0 Å². The van der Waals surface area contributed by atoms with Crippen LogP contribution in [-0.2, 0) is 28.6 Å². The molecule has 41 heavy (non-hydrogen) atoms. The van der Waals surface area contributed by atoms with Gasteiger partial charge in [0.1, 0.15) is 11.2 Å². The summed E-state index contributed by atoms with van der Waals surface area (Å²) >= 11 is 0. The number of aromatic nitrogens is 4. The zero-order chi connectivity index (χ0) is 28.9. The van der Waals surface area contributed by atoms with Gasteiger partial charge >= 0.3 is 10.2 Å². The smallest absolute Gasteiger partial charge is 0.301 e. The number of nitrogens with one attached hydrogen (secondary N) is 1. The van der Waals surface area contributed by atoms with Crippen molar-refractivity contribution >= 4 is 32.8 Å². The van der Waals surface area contributed by atoms with Gasteiger partial charge in [-0.1, -0.05) is 36.4 Å². The van der Waals surface area contributed by atoms with Crippen molar-refractivity contribution in [3.8, 4) is 22.5 Å². The molecule has 214 valence electrons. The molecule has 0 radical (unpaired) electrons. The normalized spacial score (nSPS) is 17.5. The lowest BCUT2D eigenvalue weighted by Gasteiger charge is -2.19. The maximum Gasteiger partial charge on any atom is 0.301 e. The molecule has 0 bridgehead atoms. The van der Waals surface area contributed by atoms with E-state index in [4.69, 9.17) is 4.98 Å². The van der Waals surface area contributed by atoms with E-state index < -0.39 is 10.2 Å². The summed E-state index contributed by atoms with van der Waals surface area (Å²) in [6.07, 6.45) is 4.37. The zero-order valence-corrected chi connectivity index (χ0v) is 24.1. The minimum atomic E-state index is -3.62. The molecule has 1 aliphatic heterocycles. The van der Waals surface area contributed by atoms with Crippen molar-refractivity contribution in [2.45, 2.75) is 25.8 Å². The fraction of sp³-hybridized carbons (Fsp3) is 0.379. The van der Waals surface area contributed by atoms with Crippen LogP contribution in [0.15, 0.2) is 59.5 Å². The fourth-order valence-electron chi connectivity index (χ4n) is 5.35. The Morgan fingerprint density at radius 3 is 2.49 bits per heavy atom. The van der Waals surface area contributed by atoms with Gasteiger partial charge in [0, 0.05) is 52.3 Å². The lowest BCUT2D eigenvalue weighted by atomic mass is 10.0. The van der Waals surface area contributed by atoms with Crippen LogP contribution in [0.4, 0.5) is 5.69 Å². The second-order valence-corrected chi connectivity index (χ2v) is 13.0. The van der Waals surface area contributed by atoms with Crippen LogP contribution < -0.4 is 10.3 Å². The first kappa shape index (κ1) is 27.2. The average molecular weight is 576 g/mol. The molecule has 2 aliphatic rings. The maximum atomic E-state index is 13.7. The Balaban J connectivity index is 1.31. The number of anilines is 1. The largest absolute Gasteiger partial charge is 0.342 e. The number of aryl methyl sites for hydroxylation is 1. The summed E-state index contributed by atoms with van der Waals surface area (Å²) in [4.78, 5) is 33.1. The van der Waals surface area contributed by atoms with E-state index in [1.54, 1.807) is 40.7 Å². The maximum absolute atomic E-state index is 13.7. The quantitative estimate of drug-likeness (QED) is 0.345. The summed E-state index contributed by atoms with van der Waals surface area (Å²) in [6, 6.07) is 14.9. The first-order chi connectivity index (χ1) is 19.6. The van der Waals surface area contributed by atoms with E-state index in [0.29, 0.717) is 35.6 Å². The highest BCUT2D eigenvalue weighted by atomic mass is 32.2. The van der Waals surface area contributed by atoms with E-state index >= 15 is 0 Å². The third kappa shape index (κ3) is 5.36. The van der Waals surface area contributed by atoms with Gasteiger partial charge in [0.15, 0.2) is 5.65 Å². The van der Waals surface area contributed by atoms with Gasteiger partial charge in [0.25, 0.3) is 5.56 Å². The molecule has 6 rings (SSSR count). The van der Waals surface area contributed by atoms with Crippen molar-refractivity contribution in [3.05, 3.63) is 65.1 Å². The predicted octanol–water partition coefficient (Wildman–Crippen LogP) is 2.94. The number of fused-ring (bicyclic) bond motifs is 1. The van der Waals surface area contributed by atoms with Crippen molar-refractivity contribution in [2.24, 2.45) is 18.9 Å². The number of benzene rings is 2.